The lowest BCUT2D eigenvalue weighted by molar-refractivity contribution is -0.136. The number of nitrogens with two attached hydrogens (primary N) is 1. The fraction of sp³-hybridized carbons (Fsp3) is 0.500. The first kappa shape index (κ1) is 17.7. The van der Waals surface area contributed by atoms with Crippen LogP contribution in [-0.2, 0) is 10.0 Å². The molecule has 0 radical (unpaired) electrons. The monoisotopic (exact) mass is 326 g/mol. The summed E-state index contributed by atoms with van der Waals surface area (Å²) in [4.78, 5) is -0.347. The number of nitrogen functional groups attached to an aromatic ring is 1. The predicted octanol–water partition coefficient (Wildman–Crippen LogP) is 1.43. The summed E-state index contributed by atoms with van der Waals surface area (Å²) >= 11 is 0. The van der Waals surface area contributed by atoms with E-state index in [1.807, 2.05) is 0 Å². The van der Waals surface area contributed by atoms with Gasteiger partial charge in [0.25, 0.3) is 0 Å². The highest BCUT2D eigenvalue weighted by Crippen LogP contribution is 2.30. The molecule has 0 fully saturated rings. The third-order valence-corrected chi connectivity index (χ3v) is 4.96. The zero-order valence-electron chi connectivity index (χ0n) is 11.6. The van der Waals surface area contributed by atoms with Crippen LogP contribution in [0, 0.1) is 13.8 Å². The zero-order valence-corrected chi connectivity index (χ0v) is 12.4. The zero-order chi connectivity index (χ0) is 16.4. The summed E-state index contributed by atoms with van der Waals surface area (Å²) in [7, 11) is -4.45. The van der Waals surface area contributed by atoms with Gasteiger partial charge < -0.3 is 10.8 Å². The Bertz CT molecular complexity index is 615. The van der Waals surface area contributed by atoms with E-state index in [-0.39, 0.29) is 20.5 Å². The second-order valence-electron chi connectivity index (χ2n) is 4.62. The minimum atomic E-state index is -4.71. The Kier molecular flexibility index (Phi) is 5.24. The molecule has 0 saturated carbocycles. The highest BCUT2D eigenvalue weighted by atomic mass is 32.2. The van der Waals surface area contributed by atoms with Gasteiger partial charge in [-0.2, -0.15) is 17.5 Å². The number of rotatable bonds is 5. The number of aryl methyl sites for hydroxylation is 2. The van der Waals surface area contributed by atoms with Crippen LogP contribution >= 0.6 is 0 Å². The maximum Gasteiger partial charge on any atom is 0.402 e. The second-order valence-corrected chi connectivity index (χ2v) is 6.49. The van der Waals surface area contributed by atoms with Crippen LogP contribution in [0.1, 0.15) is 11.1 Å². The van der Waals surface area contributed by atoms with Crippen LogP contribution < -0.4 is 5.73 Å². The first-order chi connectivity index (χ1) is 9.50. The molecular formula is C12H17F3N2O3S. The Balaban J connectivity index is 3.40. The van der Waals surface area contributed by atoms with Crippen LogP contribution in [0.3, 0.4) is 0 Å². The van der Waals surface area contributed by atoms with Crippen molar-refractivity contribution in [2.24, 2.45) is 0 Å². The van der Waals surface area contributed by atoms with Crippen LogP contribution in [0.25, 0.3) is 0 Å². The van der Waals surface area contributed by atoms with Gasteiger partial charge in [0.15, 0.2) is 0 Å². The molecule has 0 aliphatic rings. The maximum atomic E-state index is 12.5. The number of halogens is 3. The number of anilines is 1. The van der Waals surface area contributed by atoms with Gasteiger partial charge in [0.1, 0.15) is 11.4 Å². The molecule has 21 heavy (non-hydrogen) atoms. The molecule has 0 atom stereocenters. The van der Waals surface area contributed by atoms with Gasteiger partial charge in [-0.3, -0.25) is 0 Å². The topological polar surface area (TPSA) is 83.6 Å². The van der Waals surface area contributed by atoms with Gasteiger partial charge in [0.2, 0.25) is 10.0 Å². The molecule has 0 heterocycles. The Morgan fingerprint density at radius 2 is 1.76 bits per heavy atom. The van der Waals surface area contributed by atoms with Crippen LogP contribution in [0.4, 0.5) is 18.9 Å². The van der Waals surface area contributed by atoms with Crippen molar-refractivity contribution in [3.63, 3.8) is 0 Å². The molecular weight excluding hydrogens is 309 g/mol. The highest BCUT2D eigenvalue weighted by Gasteiger charge is 2.38. The third kappa shape index (κ3) is 4.08. The van der Waals surface area contributed by atoms with Crippen molar-refractivity contribution in [3.05, 3.63) is 23.3 Å². The molecule has 1 aromatic carbocycles. The molecule has 3 N–H and O–H groups in total. The normalized spacial score (nSPS) is 12.9. The SMILES string of the molecule is Cc1ccc(C)c(S(=O)(=O)N(CCO)CC(F)(F)F)c1N. The van der Waals surface area contributed by atoms with Crippen molar-refractivity contribution in [2.45, 2.75) is 24.9 Å². The quantitative estimate of drug-likeness (QED) is 0.802. The number of sulfonamides is 1. The molecule has 5 nitrogen and oxygen atoms in total. The predicted molar refractivity (Wildman–Crippen MR) is 72.2 cm³/mol. The summed E-state index contributed by atoms with van der Waals surface area (Å²) < 4.78 is 62.7. The van der Waals surface area contributed by atoms with Gasteiger partial charge in [-0.25, -0.2) is 8.42 Å². The number of alkyl halides is 3. The molecule has 9 heteroatoms. The van der Waals surface area contributed by atoms with Crippen molar-refractivity contribution in [1.29, 1.82) is 0 Å². The molecule has 0 bridgehead atoms. The lowest BCUT2D eigenvalue weighted by Gasteiger charge is -2.24. The Labute approximate surface area is 121 Å². The Hall–Kier alpha value is -1.32. The second kappa shape index (κ2) is 6.20. The average Bonchev–Trinajstić information content (AvgIpc) is 2.32. The number of hydrogen-bond acceptors (Lipinski definition) is 4. The van der Waals surface area contributed by atoms with Crippen LogP contribution in [0.2, 0.25) is 0 Å². The molecule has 0 amide bonds. The van der Waals surface area contributed by atoms with E-state index in [0.717, 1.165) is 0 Å². The smallest absolute Gasteiger partial charge is 0.397 e. The van der Waals surface area contributed by atoms with E-state index in [1.165, 1.54) is 13.0 Å². The fourth-order valence-electron chi connectivity index (χ4n) is 1.87. The van der Waals surface area contributed by atoms with Gasteiger partial charge in [0.05, 0.1) is 12.3 Å². The first-order valence-corrected chi connectivity index (χ1v) is 7.48. The summed E-state index contributed by atoms with van der Waals surface area (Å²) in [5.41, 5.74) is 6.34. The van der Waals surface area contributed by atoms with Gasteiger partial charge in [-0.1, -0.05) is 12.1 Å². The van der Waals surface area contributed by atoms with Gasteiger partial charge in [-0.15, -0.1) is 0 Å². The maximum absolute atomic E-state index is 12.5. The number of hydrogen-bond donors (Lipinski definition) is 2. The van der Waals surface area contributed by atoms with E-state index in [2.05, 4.69) is 0 Å². The van der Waals surface area contributed by atoms with Crippen molar-refractivity contribution in [3.8, 4) is 0 Å². The number of aliphatic hydroxyl groups is 1. The molecule has 0 spiro atoms. The molecule has 1 rings (SSSR count). The molecule has 0 aliphatic carbocycles. The van der Waals surface area contributed by atoms with Crippen molar-refractivity contribution in [1.82, 2.24) is 4.31 Å². The van der Waals surface area contributed by atoms with Crippen LogP contribution in [0.5, 0.6) is 0 Å². The van der Waals surface area contributed by atoms with E-state index < -0.39 is 35.9 Å². The summed E-state index contributed by atoms with van der Waals surface area (Å²) in [6, 6.07) is 3.06. The van der Waals surface area contributed by atoms with Crippen molar-refractivity contribution >= 4 is 15.7 Å². The minimum absolute atomic E-state index is 0.0832. The Morgan fingerprint density at radius 1 is 1.24 bits per heavy atom. The van der Waals surface area contributed by atoms with Crippen molar-refractivity contribution < 1.29 is 26.7 Å². The minimum Gasteiger partial charge on any atom is -0.397 e. The van der Waals surface area contributed by atoms with Crippen LogP contribution in [0.15, 0.2) is 17.0 Å². The highest BCUT2D eigenvalue weighted by molar-refractivity contribution is 7.89. The Morgan fingerprint density at radius 3 is 2.24 bits per heavy atom. The number of benzene rings is 1. The van der Waals surface area contributed by atoms with E-state index >= 15 is 0 Å². The van der Waals surface area contributed by atoms with Crippen molar-refractivity contribution in [2.75, 3.05) is 25.4 Å². The summed E-state index contributed by atoms with van der Waals surface area (Å²) in [5.74, 6) is 0. The van der Waals surface area contributed by atoms with E-state index in [9.17, 15) is 21.6 Å². The van der Waals surface area contributed by atoms with E-state index in [0.29, 0.717) is 5.56 Å². The molecule has 0 aromatic heterocycles. The largest absolute Gasteiger partial charge is 0.402 e. The molecule has 120 valence electrons. The molecule has 1 aromatic rings. The van der Waals surface area contributed by atoms with Gasteiger partial charge >= 0.3 is 6.18 Å². The summed E-state index contributed by atoms with van der Waals surface area (Å²) in [6.07, 6.45) is -4.71. The molecule has 0 saturated heterocycles. The number of aliphatic hydroxyl groups excluding tert-OH is 1. The molecule has 0 aliphatic heterocycles. The fourth-order valence-corrected chi connectivity index (χ4v) is 3.68. The standard InChI is InChI=1S/C12H17F3N2O3S/c1-8-3-4-9(2)11(10(8)16)21(19,20)17(5-6-18)7-12(13,14)15/h3-4,18H,5-7,16H2,1-2H3. The first-order valence-electron chi connectivity index (χ1n) is 6.04. The molecule has 0 unspecified atom stereocenters. The van der Waals surface area contributed by atoms with E-state index in [4.69, 9.17) is 10.8 Å². The lowest BCUT2D eigenvalue weighted by atomic mass is 10.1. The summed E-state index contributed by atoms with van der Waals surface area (Å²) in [5, 5.41) is 8.83. The van der Waals surface area contributed by atoms with E-state index in [1.54, 1.807) is 13.0 Å². The lowest BCUT2D eigenvalue weighted by Crippen LogP contribution is -2.41. The summed E-state index contributed by atoms with van der Waals surface area (Å²) in [6.45, 7) is -0.0429. The van der Waals surface area contributed by atoms with Crippen LogP contribution in [-0.4, -0.2) is 43.7 Å². The number of nitrogens with zero attached hydrogens (tertiary/aromatic N) is 1. The average molecular weight is 326 g/mol. The van der Waals surface area contributed by atoms with Gasteiger partial charge in [0, 0.05) is 6.54 Å². The van der Waals surface area contributed by atoms with Gasteiger partial charge in [-0.05, 0) is 25.0 Å². The third-order valence-electron chi connectivity index (χ3n) is 2.91.